The van der Waals surface area contributed by atoms with E-state index in [4.69, 9.17) is 43.5 Å². The highest BCUT2D eigenvalue weighted by Crippen LogP contribution is 2.66. The molecular formula is C13H16Cl2N5O12P3. The highest BCUT2D eigenvalue weighted by Gasteiger charge is 2.57. The largest absolute Gasteiger partial charge is 0.490 e. The van der Waals surface area contributed by atoms with Crippen molar-refractivity contribution in [2.75, 3.05) is 18.9 Å². The average Bonchev–Trinajstić information content (AvgIpc) is 3.21. The number of nitrogens with two attached hydrogens (primary N) is 1. The number of aliphatic hydroxyl groups is 1. The number of ether oxygens (including phenoxy) is 1. The summed E-state index contributed by atoms with van der Waals surface area (Å²) in [6.45, 7) is -1.60. The standard InChI is InChI=1S/C13H16Cl2N5O12P3/c14-2-1-13(15)7(4-21)9(5-29-34(25,26)32-35(27,28)31-33(22,23)24)30-11(13)20-6-18-8-3-17-12(16)19-10(8)20/h3,6-7,9,11,21H,4-5H2,(H,25,26)(H,27,28)(H2,16,17,19)(H2,22,23,24)/t7?,9-,11-,13?/m1/s1. The van der Waals surface area contributed by atoms with E-state index in [0.29, 0.717) is 0 Å². The molecule has 3 heterocycles. The number of imidazole rings is 1. The molecule has 2 aromatic heterocycles. The minimum atomic E-state index is -5.73. The predicted octanol–water partition coefficient (Wildman–Crippen LogP) is 0.435. The fraction of sp³-hybridized carbons (Fsp3) is 0.462. The first kappa shape index (κ1) is 28.4. The molecule has 1 aliphatic heterocycles. The number of phosphoric acid groups is 3. The SMILES string of the molecule is Nc1ncc2ncn([C@@H]3O[C@H](COP(=O)(O)OP(=O)(O)OP(=O)(O)O)C(CO)C3(Cl)C#CCl)c2n1. The molecule has 4 unspecified atom stereocenters. The molecule has 22 heteroatoms. The van der Waals surface area contributed by atoms with Crippen molar-refractivity contribution in [3.05, 3.63) is 12.5 Å². The predicted molar refractivity (Wildman–Crippen MR) is 116 cm³/mol. The third-order valence-corrected chi connectivity index (χ3v) is 8.95. The fourth-order valence-electron chi connectivity index (χ4n) is 3.20. The van der Waals surface area contributed by atoms with Gasteiger partial charge in [0.05, 0.1) is 31.8 Å². The van der Waals surface area contributed by atoms with Crippen LogP contribution in [-0.2, 0) is 31.6 Å². The Balaban J connectivity index is 1.87. The quantitative estimate of drug-likeness (QED) is 0.130. The van der Waals surface area contributed by atoms with Gasteiger partial charge in [-0.25, -0.2) is 23.7 Å². The number of aliphatic hydroxyl groups excluding tert-OH is 1. The first-order valence-corrected chi connectivity index (χ1v) is 14.2. The van der Waals surface area contributed by atoms with Crippen molar-refractivity contribution in [3.8, 4) is 11.3 Å². The van der Waals surface area contributed by atoms with Crippen molar-refractivity contribution in [1.82, 2.24) is 19.5 Å². The number of anilines is 1. The van der Waals surface area contributed by atoms with Crippen LogP contribution in [-0.4, -0.2) is 68.4 Å². The maximum atomic E-state index is 12.1. The van der Waals surface area contributed by atoms with Crippen molar-refractivity contribution in [2.24, 2.45) is 5.92 Å². The van der Waals surface area contributed by atoms with E-state index in [2.05, 4.69) is 39.4 Å². The van der Waals surface area contributed by atoms with Gasteiger partial charge >= 0.3 is 23.5 Å². The lowest BCUT2D eigenvalue weighted by molar-refractivity contribution is -0.0341. The monoisotopic (exact) mass is 597 g/mol. The Bertz CT molecular complexity index is 1310. The van der Waals surface area contributed by atoms with E-state index in [-0.39, 0.29) is 17.1 Å². The summed E-state index contributed by atoms with van der Waals surface area (Å²) in [4.78, 5) is 46.3. The van der Waals surface area contributed by atoms with Crippen molar-refractivity contribution in [1.29, 1.82) is 0 Å². The third kappa shape index (κ3) is 6.58. The Hall–Kier alpha value is -1.18. The molecule has 17 nitrogen and oxygen atoms in total. The van der Waals surface area contributed by atoms with Crippen LogP contribution in [0.5, 0.6) is 0 Å². The second-order valence-corrected chi connectivity index (χ2v) is 12.0. The normalized spacial score (nSPS) is 28.3. The summed E-state index contributed by atoms with van der Waals surface area (Å²) >= 11 is 12.2. The van der Waals surface area contributed by atoms with Crippen molar-refractivity contribution in [3.63, 3.8) is 0 Å². The van der Waals surface area contributed by atoms with Crippen LogP contribution in [0.25, 0.3) is 11.2 Å². The van der Waals surface area contributed by atoms with E-state index < -0.39 is 59.8 Å². The lowest BCUT2D eigenvalue weighted by Crippen LogP contribution is -2.39. The zero-order chi connectivity index (χ0) is 26.2. The lowest BCUT2D eigenvalue weighted by Gasteiger charge is -2.27. The van der Waals surface area contributed by atoms with E-state index in [0.717, 1.165) is 0 Å². The molecule has 0 aromatic carbocycles. The van der Waals surface area contributed by atoms with Crippen LogP contribution in [0.15, 0.2) is 12.5 Å². The van der Waals surface area contributed by atoms with Gasteiger partial charge in [-0.2, -0.15) is 13.6 Å². The first-order chi connectivity index (χ1) is 16.1. The summed E-state index contributed by atoms with van der Waals surface area (Å²) in [6.07, 6.45) is -0.0129. The number of hydrogen-bond donors (Lipinski definition) is 6. The molecule has 0 radical (unpaired) electrons. The lowest BCUT2D eigenvalue weighted by atomic mass is 9.89. The van der Waals surface area contributed by atoms with Crippen LogP contribution >= 0.6 is 46.7 Å². The number of fused-ring (bicyclic) bond motifs is 1. The smallest absolute Gasteiger partial charge is 0.396 e. The Labute approximate surface area is 205 Å². The van der Waals surface area contributed by atoms with Crippen molar-refractivity contribution in [2.45, 2.75) is 17.2 Å². The highest BCUT2D eigenvalue weighted by molar-refractivity contribution is 7.66. The molecule has 35 heavy (non-hydrogen) atoms. The fourth-order valence-corrected chi connectivity index (χ4v) is 6.84. The van der Waals surface area contributed by atoms with E-state index in [9.17, 15) is 28.6 Å². The maximum Gasteiger partial charge on any atom is 0.490 e. The van der Waals surface area contributed by atoms with Crippen LogP contribution in [0.3, 0.4) is 0 Å². The second kappa shape index (κ2) is 10.3. The molecule has 6 atom stereocenters. The van der Waals surface area contributed by atoms with Gasteiger partial charge in [0.2, 0.25) is 5.95 Å². The zero-order valence-corrected chi connectivity index (χ0v) is 21.1. The van der Waals surface area contributed by atoms with Gasteiger partial charge in [0.1, 0.15) is 5.52 Å². The molecule has 7 N–H and O–H groups in total. The number of alkyl halides is 1. The minimum Gasteiger partial charge on any atom is -0.396 e. The van der Waals surface area contributed by atoms with Crippen molar-refractivity contribution >= 4 is 63.8 Å². The van der Waals surface area contributed by atoms with Crippen LogP contribution in [0.1, 0.15) is 6.23 Å². The molecule has 1 saturated heterocycles. The molecule has 1 fully saturated rings. The van der Waals surface area contributed by atoms with Gasteiger partial charge in [0.25, 0.3) is 0 Å². The second-order valence-electron chi connectivity index (χ2n) is 6.78. The van der Waals surface area contributed by atoms with Gasteiger partial charge in [-0.15, -0.1) is 0 Å². The van der Waals surface area contributed by atoms with Crippen molar-refractivity contribution < 1.29 is 56.3 Å². The maximum absolute atomic E-state index is 12.1. The molecule has 3 rings (SSSR count). The van der Waals surface area contributed by atoms with Gasteiger partial charge < -0.3 is 35.2 Å². The Morgan fingerprint density at radius 1 is 1.20 bits per heavy atom. The summed E-state index contributed by atoms with van der Waals surface area (Å²) in [6, 6.07) is 0. The molecule has 0 spiro atoms. The molecule has 0 amide bonds. The number of hydrogen-bond acceptors (Lipinski definition) is 12. The first-order valence-electron chi connectivity index (χ1n) is 8.92. The summed E-state index contributed by atoms with van der Waals surface area (Å²) in [7, 11) is -16.8. The van der Waals surface area contributed by atoms with E-state index in [1.165, 1.54) is 17.1 Å². The summed E-state index contributed by atoms with van der Waals surface area (Å²) in [5, 5.41) is 12.0. The van der Waals surface area contributed by atoms with Gasteiger partial charge in [-0.1, -0.05) is 17.5 Å². The van der Waals surface area contributed by atoms with Gasteiger partial charge in [0.15, 0.2) is 16.7 Å². The summed E-state index contributed by atoms with van der Waals surface area (Å²) in [5.74, 6) is 1.24. The number of nitrogen functional groups attached to an aromatic ring is 1. The summed E-state index contributed by atoms with van der Waals surface area (Å²) in [5.41, 5.74) is 6.07. The molecule has 2 aromatic rings. The number of aromatic nitrogens is 4. The van der Waals surface area contributed by atoms with Gasteiger partial charge in [-0.05, 0) is 11.6 Å². The van der Waals surface area contributed by atoms with E-state index in [1.807, 2.05) is 0 Å². The Kier molecular flexibility index (Phi) is 8.35. The Morgan fingerprint density at radius 2 is 1.89 bits per heavy atom. The minimum absolute atomic E-state index is 0.108. The van der Waals surface area contributed by atoms with Gasteiger partial charge in [-0.3, -0.25) is 9.09 Å². The number of phosphoric ester groups is 1. The Morgan fingerprint density at radius 3 is 2.49 bits per heavy atom. The molecule has 1 aliphatic rings. The van der Waals surface area contributed by atoms with Crippen LogP contribution < -0.4 is 5.73 Å². The average molecular weight is 598 g/mol. The van der Waals surface area contributed by atoms with E-state index >= 15 is 0 Å². The van der Waals surface area contributed by atoms with E-state index in [1.54, 1.807) is 0 Å². The molecule has 194 valence electrons. The number of halogens is 2. The molecule has 0 saturated carbocycles. The molecule has 0 aliphatic carbocycles. The molecule has 0 bridgehead atoms. The highest BCUT2D eigenvalue weighted by atomic mass is 35.5. The van der Waals surface area contributed by atoms with Crippen LogP contribution in [0.4, 0.5) is 5.95 Å². The zero-order valence-electron chi connectivity index (χ0n) is 16.9. The topological polar surface area (TPSA) is 259 Å². The molecular weight excluding hydrogens is 582 g/mol. The van der Waals surface area contributed by atoms with Crippen LogP contribution in [0, 0.1) is 17.2 Å². The van der Waals surface area contributed by atoms with Gasteiger partial charge in [0, 0.05) is 11.3 Å². The third-order valence-electron chi connectivity index (χ3n) is 4.49. The van der Waals surface area contributed by atoms with Crippen LogP contribution in [0.2, 0.25) is 0 Å². The summed E-state index contributed by atoms with van der Waals surface area (Å²) < 4.78 is 53.3. The number of rotatable bonds is 9. The number of nitrogens with zero attached hydrogens (tertiary/aromatic N) is 4.